The molecule has 1 amide bonds. The number of hydrogen-bond donors (Lipinski definition) is 1. The van der Waals surface area contributed by atoms with Gasteiger partial charge in [-0.15, -0.1) is 0 Å². The zero-order valence-corrected chi connectivity index (χ0v) is 11.7. The van der Waals surface area contributed by atoms with E-state index < -0.39 is 0 Å². The number of amides is 1. The molecule has 0 aromatic heterocycles. The van der Waals surface area contributed by atoms with Gasteiger partial charge in [-0.25, -0.2) is 0 Å². The molecular weight excluding hydrogens is 230 g/mol. The van der Waals surface area contributed by atoms with Gasteiger partial charge in [-0.3, -0.25) is 4.79 Å². The Balaban J connectivity index is 2.37. The van der Waals surface area contributed by atoms with Gasteiger partial charge in [0.2, 0.25) is 5.91 Å². The van der Waals surface area contributed by atoms with Crippen molar-refractivity contribution in [2.24, 2.45) is 0 Å². The summed E-state index contributed by atoms with van der Waals surface area (Å²) < 4.78 is 0. The molecule has 0 heterocycles. The van der Waals surface area contributed by atoms with Gasteiger partial charge in [0.1, 0.15) is 0 Å². The minimum absolute atomic E-state index is 0.152. The maximum absolute atomic E-state index is 11.5. The summed E-state index contributed by atoms with van der Waals surface area (Å²) in [7, 11) is 0. The first-order chi connectivity index (χ1) is 8.13. The van der Waals surface area contributed by atoms with Crippen LogP contribution in [-0.4, -0.2) is 17.9 Å². The second-order valence-electron chi connectivity index (χ2n) is 4.30. The lowest BCUT2D eigenvalue weighted by Gasteiger charge is -2.08. The first kappa shape index (κ1) is 14.1. The summed E-state index contributed by atoms with van der Waals surface area (Å²) in [5.74, 6) is 1.20. The standard InChI is InChI=1S/C14H21NOS/c1-11-6-7-13(12(2)9-11)10-15-14(16)5-4-8-17-3/h6-7,9H,4-5,8,10H2,1-3H3,(H,15,16). The second-order valence-corrected chi connectivity index (χ2v) is 5.29. The minimum Gasteiger partial charge on any atom is -0.352 e. The highest BCUT2D eigenvalue weighted by molar-refractivity contribution is 7.98. The molecule has 0 saturated heterocycles. The smallest absolute Gasteiger partial charge is 0.220 e. The third-order valence-corrected chi connectivity index (χ3v) is 3.42. The lowest BCUT2D eigenvalue weighted by atomic mass is 10.1. The summed E-state index contributed by atoms with van der Waals surface area (Å²) in [6, 6.07) is 6.32. The van der Waals surface area contributed by atoms with Crippen LogP contribution < -0.4 is 5.32 Å². The molecule has 0 fully saturated rings. The fraction of sp³-hybridized carbons (Fsp3) is 0.500. The van der Waals surface area contributed by atoms with Gasteiger partial charge in [0.25, 0.3) is 0 Å². The summed E-state index contributed by atoms with van der Waals surface area (Å²) in [6.07, 6.45) is 3.65. The number of aryl methyl sites for hydroxylation is 2. The van der Waals surface area contributed by atoms with E-state index in [0.717, 1.165) is 12.2 Å². The predicted molar refractivity (Wildman–Crippen MR) is 75.4 cm³/mol. The van der Waals surface area contributed by atoms with E-state index in [0.29, 0.717) is 13.0 Å². The van der Waals surface area contributed by atoms with Gasteiger partial charge in [0, 0.05) is 13.0 Å². The summed E-state index contributed by atoms with van der Waals surface area (Å²) in [5, 5.41) is 2.97. The molecule has 94 valence electrons. The van der Waals surface area contributed by atoms with E-state index in [1.165, 1.54) is 16.7 Å². The van der Waals surface area contributed by atoms with E-state index in [4.69, 9.17) is 0 Å². The maximum Gasteiger partial charge on any atom is 0.220 e. The van der Waals surface area contributed by atoms with Crippen LogP contribution in [0.2, 0.25) is 0 Å². The zero-order chi connectivity index (χ0) is 12.7. The predicted octanol–water partition coefficient (Wildman–Crippen LogP) is 3.06. The molecule has 0 atom stereocenters. The quantitative estimate of drug-likeness (QED) is 0.787. The molecule has 2 nitrogen and oxygen atoms in total. The highest BCUT2D eigenvalue weighted by atomic mass is 32.2. The Kier molecular flexibility index (Phi) is 6.12. The minimum atomic E-state index is 0.152. The third kappa shape index (κ3) is 5.26. The van der Waals surface area contributed by atoms with Gasteiger partial charge in [0.15, 0.2) is 0 Å². The van der Waals surface area contributed by atoms with Crippen LogP contribution in [-0.2, 0) is 11.3 Å². The van der Waals surface area contributed by atoms with Crippen molar-refractivity contribution in [1.29, 1.82) is 0 Å². The summed E-state index contributed by atoms with van der Waals surface area (Å²) >= 11 is 1.78. The fourth-order valence-electron chi connectivity index (χ4n) is 1.70. The number of thioether (sulfide) groups is 1. The van der Waals surface area contributed by atoms with E-state index in [2.05, 4.69) is 43.6 Å². The van der Waals surface area contributed by atoms with Crippen molar-refractivity contribution in [1.82, 2.24) is 5.32 Å². The first-order valence-electron chi connectivity index (χ1n) is 5.95. The van der Waals surface area contributed by atoms with Crippen LogP contribution in [0.5, 0.6) is 0 Å². The highest BCUT2D eigenvalue weighted by Crippen LogP contribution is 2.10. The Morgan fingerprint density at radius 1 is 1.35 bits per heavy atom. The Morgan fingerprint density at radius 2 is 2.12 bits per heavy atom. The van der Waals surface area contributed by atoms with Crippen LogP contribution in [0.25, 0.3) is 0 Å². The van der Waals surface area contributed by atoms with Crippen molar-refractivity contribution in [3.05, 3.63) is 34.9 Å². The molecule has 0 radical (unpaired) electrons. The van der Waals surface area contributed by atoms with Crippen molar-refractivity contribution in [3.63, 3.8) is 0 Å². The van der Waals surface area contributed by atoms with Crippen LogP contribution in [0, 0.1) is 13.8 Å². The summed E-state index contributed by atoms with van der Waals surface area (Å²) in [4.78, 5) is 11.5. The molecule has 0 aliphatic rings. The number of carbonyl (C=O) groups excluding carboxylic acids is 1. The van der Waals surface area contributed by atoms with Crippen molar-refractivity contribution in [2.45, 2.75) is 33.2 Å². The zero-order valence-electron chi connectivity index (χ0n) is 10.9. The fourth-order valence-corrected chi connectivity index (χ4v) is 2.14. The molecule has 17 heavy (non-hydrogen) atoms. The summed E-state index contributed by atoms with van der Waals surface area (Å²) in [5.41, 5.74) is 3.71. The largest absolute Gasteiger partial charge is 0.352 e. The Hall–Kier alpha value is -0.960. The van der Waals surface area contributed by atoms with Crippen LogP contribution in [0.3, 0.4) is 0 Å². The molecule has 1 N–H and O–H groups in total. The Labute approximate surface area is 108 Å². The van der Waals surface area contributed by atoms with E-state index in [-0.39, 0.29) is 5.91 Å². The number of rotatable bonds is 6. The molecule has 0 saturated carbocycles. The van der Waals surface area contributed by atoms with Crippen molar-refractivity contribution in [2.75, 3.05) is 12.0 Å². The normalized spacial score (nSPS) is 10.3. The molecule has 1 rings (SSSR count). The van der Waals surface area contributed by atoms with Gasteiger partial charge >= 0.3 is 0 Å². The van der Waals surface area contributed by atoms with Crippen molar-refractivity contribution in [3.8, 4) is 0 Å². The van der Waals surface area contributed by atoms with Crippen LogP contribution in [0.4, 0.5) is 0 Å². The molecule has 3 heteroatoms. The molecule has 0 unspecified atom stereocenters. The van der Waals surface area contributed by atoms with E-state index in [1.54, 1.807) is 11.8 Å². The molecular formula is C14H21NOS. The Bertz CT molecular complexity index is 376. The van der Waals surface area contributed by atoms with E-state index >= 15 is 0 Å². The van der Waals surface area contributed by atoms with Gasteiger partial charge < -0.3 is 5.32 Å². The molecule has 0 bridgehead atoms. The summed E-state index contributed by atoms with van der Waals surface area (Å²) in [6.45, 7) is 4.81. The average Bonchev–Trinajstić information content (AvgIpc) is 2.28. The maximum atomic E-state index is 11.5. The molecule has 0 aliphatic carbocycles. The van der Waals surface area contributed by atoms with E-state index in [1.807, 2.05) is 0 Å². The van der Waals surface area contributed by atoms with Crippen LogP contribution in [0.15, 0.2) is 18.2 Å². The number of nitrogens with one attached hydrogen (secondary N) is 1. The SMILES string of the molecule is CSCCCC(=O)NCc1ccc(C)cc1C. The third-order valence-electron chi connectivity index (χ3n) is 2.73. The second kappa shape index (κ2) is 7.38. The molecule has 0 spiro atoms. The van der Waals surface area contributed by atoms with Gasteiger partial charge in [0.05, 0.1) is 0 Å². The molecule has 0 aliphatic heterocycles. The highest BCUT2D eigenvalue weighted by Gasteiger charge is 2.02. The average molecular weight is 251 g/mol. The molecule has 1 aromatic carbocycles. The topological polar surface area (TPSA) is 29.1 Å². The Morgan fingerprint density at radius 3 is 2.76 bits per heavy atom. The molecule has 1 aromatic rings. The van der Waals surface area contributed by atoms with Crippen molar-refractivity contribution >= 4 is 17.7 Å². The first-order valence-corrected chi connectivity index (χ1v) is 7.34. The monoisotopic (exact) mass is 251 g/mol. The van der Waals surface area contributed by atoms with Gasteiger partial charge in [-0.05, 0) is 43.4 Å². The lowest BCUT2D eigenvalue weighted by molar-refractivity contribution is -0.121. The van der Waals surface area contributed by atoms with E-state index in [9.17, 15) is 4.79 Å². The van der Waals surface area contributed by atoms with Crippen LogP contribution in [0.1, 0.15) is 29.5 Å². The van der Waals surface area contributed by atoms with Gasteiger partial charge in [-0.2, -0.15) is 11.8 Å². The van der Waals surface area contributed by atoms with Crippen LogP contribution >= 0.6 is 11.8 Å². The number of carbonyl (C=O) groups is 1. The van der Waals surface area contributed by atoms with Crippen molar-refractivity contribution < 1.29 is 4.79 Å². The lowest BCUT2D eigenvalue weighted by Crippen LogP contribution is -2.22. The number of benzene rings is 1. The number of hydrogen-bond acceptors (Lipinski definition) is 2. The van der Waals surface area contributed by atoms with Gasteiger partial charge in [-0.1, -0.05) is 23.8 Å².